The Morgan fingerprint density at radius 1 is 1.02 bits per heavy atom. The summed E-state index contributed by atoms with van der Waals surface area (Å²) < 4.78 is 17.2. The zero-order chi connectivity index (χ0) is 33.1. The number of hydrogen-bond acceptors (Lipinski definition) is 11. The topological polar surface area (TPSA) is 164 Å². The Morgan fingerprint density at radius 2 is 1.74 bits per heavy atom. The Balaban J connectivity index is 1.20. The van der Waals surface area contributed by atoms with Gasteiger partial charge in [-0.05, 0) is 80.0 Å². The molecule has 2 aliphatic carbocycles. The van der Waals surface area contributed by atoms with E-state index in [-0.39, 0.29) is 5.57 Å². The molecule has 2 aromatic heterocycles. The molecule has 244 valence electrons. The molecule has 2 heterocycles. The van der Waals surface area contributed by atoms with Crippen molar-refractivity contribution in [2.45, 2.75) is 84.2 Å². The molecule has 2 aliphatic rings. The van der Waals surface area contributed by atoms with Crippen LogP contribution in [-0.2, 0) is 30.3 Å². The second-order valence-corrected chi connectivity index (χ2v) is 13.4. The summed E-state index contributed by atoms with van der Waals surface area (Å²) in [5.41, 5.74) is 3.66. The van der Waals surface area contributed by atoms with Crippen LogP contribution in [-0.4, -0.2) is 60.3 Å². The van der Waals surface area contributed by atoms with Crippen LogP contribution in [0.2, 0.25) is 0 Å². The minimum atomic E-state index is -1.19. The van der Waals surface area contributed by atoms with Crippen molar-refractivity contribution in [3.8, 4) is 22.5 Å². The molecule has 0 aliphatic heterocycles. The SMILES string of the molecule is CC(OC(=O)OC(C)(C)C)OC(=O)C1=C(C(=O)N=c2sc(C3CC3)nn2Cc2ccc(-c3ccccc3-c3nnn[nH]3)cc2)CCC1. The van der Waals surface area contributed by atoms with Gasteiger partial charge in [0.25, 0.3) is 5.91 Å². The molecule has 0 saturated heterocycles. The van der Waals surface area contributed by atoms with Crippen LogP contribution in [0.25, 0.3) is 22.5 Å². The molecule has 14 heteroatoms. The van der Waals surface area contributed by atoms with Crippen LogP contribution in [0, 0.1) is 0 Å². The largest absolute Gasteiger partial charge is 0.511 e. The number of amides is 1. The Kier molecular flexibility index (Phi) is 9.12. The number of tetrazole rings is 1. The maximum absolute atomic E-state index is 13.5. The first-order valence-electron chi connectivity index (χ1n) is 15.5. The molecule has 1 N–H and O–H groups in total. The third kappa shape index (κ3) is 7.88. The molecule has 0 spiro atoms. The molecule has 6 rings (SSSR count). The van der Waals surface area contributed by atoms with Gasteiger partial charge in [0.05, 0.1) is 6.54 Å². The first kappa shape index (κ1) is 32.0. The van der Waals surface area contributed by atoms with Crippen molar-refractivity contribution in [3.63, 3.8) is 0 Å². The van der Waals surface area contributed by atoms with E-state index in [1.807, 2.05) is 48.5 Å². The molecule has 1 amide bonds. The zero-order valence-corrected chi connectivity index (χ0v) is 27.4. The number of esters is 1. The highest BCUT2D eigenvalue weighted by atomic mass is 32.1. The van der Waals surface area contributed by atoms with Crippen LogP contribution in [0.5, 0.6) is 0 Å². The third-order valence-corrected chi connectivity index (χ3v) is 8.64. The summed E-state index contributed by atoms with van der Waals surface area (Å²) in [6.45, 7) is 6.94. The number of H-pyrrole nitrogens is 1. The Hall–Kier alpha value is -4.98. The standard InChI is InChI=1S/C33H35N7O6S/c1-19(45-32(43)46-33(2,3)4)44-30(42)26-11-7-10-25(26)28(41)34-31-40(37-29(47-31)22-16-17-22)18-20-12-14-21(15-13-20)23-8-5-6-9-24(23)27-35-38-39-36-27/h5-6,8-9,12-15,19,22H,7,10-11,16-18H2,1-4H3,(H,35,36,38,39). The molecule has 0 bridgehead atoms. The summed E-state index contributed by atoms with van der Waals surface area (Å²) in [6, 6.07) is 16.0. The predicted molar refractivity (Wildman–Crippen MR) is 171 cm³/mol. The van der Waals surface area contributed by atoms with Gasteiger partial charge in [0.15, 0.2) is 5.82 Å². The molecule has 1 fully saturated rings. The van der Waals surface area contributed by atoms with Gasteiger partial charge in [0, 0.05) is 29.6 Å². The molecule has 4 aromatic rings. The number of aromatic amines is 1. The molecule has 1 saturated carbocycles. The average Bonchev–Trinajstić information content (AvgIpc) is 3.38. The van der Waals surface area contributed by atoms with E-state index >= 15 is 0 Å². The maximum Gasteiger partial charge on any atom is 0.511 e. The van der Waals surface area contributed by atoms with Crippen molar-refractivity contribution < 1.29 is 28.6 Å². The maximum atomic E-state index is 13.5. The molecule has 1 atom stereocenters. The number of carbonyl (C=O) groups excluding carboxylic acids is 3. The molecule has 13 nitrogen and oxygen atoms in total. The van der Waals surface area contributed by atoms with E-state index in [0.29, 0.717) is 47.9 Å². The van der Waals surface area contributed by atoms with E-state index in [9.17, 15) is 14.4 Å². The lowest BCUT2D eigenvalue weighted by atomic mass is 9.98. The van der Waals surface area contributed by atoms with Crippen molar-refractivity contribution in [1.29, 1.82) is 0 Å². The van der Waals surface area contributed by atoms with E-state index in [1.165, 1.54) is 18.3 Å². The molecule has 47 heavy (non-hydrogen) atoms. The van der Waals surface area contributed by atoms with Crippen molar-refractivity contribution in [1.82, 2.24) is 30.4 Å². The normalized spacial score (nSPS) is 15.9. The van der Waals surface area contributed by atoms with Gasteiger partial charge in [-0.2, -0.15) is 10.1 Å². The summed E-state index contributed by atoms with van der Waals surface area (Å²) in [6.07, 6.45) is 1.35. The summed E-state index contributed by atoms with van der Waals surface area (Å²) >= 11 is 1.40. The highest BCUT2D eigenvalue weighted by molar-refractivity contribution is 7.09. The monoisotopic (exact) mass is 657 g/mol. The minimum Gasteiger partial charge on any atom is -0.428 e. The number of rotatable bonds is 9. The molecule has 2 aromatic carbocycles. The van der Waals surface area contributed by atoms with Crippen LogP contribution in [0.15, 0.2) is 64.7 Å². The van der Waals surface area contributed by atoms with Crippen LogP contribution in [0.1, 0.15) is 76.3 Å². The van der Waals surface area contributed by atoms with Crippen molar-refractivity contribution >= 4 is 29.4 Å². The van der Waals surface area contributed by atoms with Gasteiger partial charge in [-0.15, -0.1) is 5.10 Å². The number of benzene rings is 2. The number of carbonyl (C=O) groups is 3. The first-order chi connectivity index (χ1) is 22.5. The number of nitrogens with one attached hydrogen (secondary N) is 1. The highest BCUT2D eigenvalue weighted by Crippen LogP contribution is 2.40. The summed E-state index contributed by atoms with van der Waals surface area (Å²) in [5, 5.41) is 20.0. The first-order valence-corrected chi connectivity index (χ1v) is 16.3. The molecular formula is C33H35N7O6S. The van der Waals surface area contributed by atoms with Gasteiger partial charge in [0.2, 0.25) is 11.1 Å². The summed E-state index contributed by atoms with van der Waals surface area (Å²) in [4.78, 5) is 43.4. The lowest BCUT2D eigenvalue weighted by Gasteiger charge is -2.21. The zero-order valence-electron chi connectivity index (χ0n) is 26.6. The van der Waals surface area contributed by atoms with Crippen LogP contribution < -0.4 is 4.80 Å². The fourth-order valence-electron chi connectivity index (χ4n) is 5.20. The van der Waals surface area contributed by atoms with E-state index in [0.717, 1.165) is 40.1 Å². The number of aromatic nitrogens is 6. The van der Waals surface area contributed by atoms with E-state index in [1.54, 1.807) is 25.5 Å². The lowest BCUT2D eigenvalue weighted by molar-refractivity contribution is -0.165. The van der Waals surface area contributed by atoms with E-state index < -0.39 is 29.9 Å². The average molecular weight is 658 g/mol. The molecule has 0 radical (unpaired) electrons. The second kappa shape index (κ2) is 13.4. The van der Waals surface area contributed by atoms with Crippen molar-refractivity contribution in [2.24, 2.45) is 4.99 Å². The third-order valence-electron chi connectivity index (χ3n) is 7.53. The molecule has 1 unspecified atom stereocenters. The number of nitrogens with zero attached hydrogens (tertiary/aromatic N) is 6. The smallest absolute Gasteiger partial charge is 0.428 e. The predicted octanol–water partition coefficient (Wildman–Crippen LogP) is 5.47. The Labute approximate surface area is 274 Å². The number of hydrogen-bond donors (Lipinski definition) is 1. The van der Waals surface area contributed by atoms with Gasteiger partial charge in [-0.3, -0.25) is 4.79 Å². The highest BCUT2D eigenvalue weighted by Gasteiger charge is 2.30. The fraction of sp³-hybridized carbons (Fsp3) is 0.394. The van der Waals surface area contributed by atoms with Gasteiger partial charge < -0.3 is 14.2 Å². The summed E-state index contributed by atoms with van der Waals surface area (Å²) in [7, 11) is 0. The van der Waals surface area contributed by atoms with Gasteiger partial charge in [0.1, 0.15) is 10.6 Å². The second-order valence-electron chi connectivity index (χ2n) is 12.4. The van der Waals surface area contributed by atoms with Gasteiger partial charge >= 0.3 is 12.1 Å². The van der Waals surface area contributed by atoms with Crippen molar-refractivity contribution in [3.05, 3.63) is 75.0 Å². The van der Waals surface area contributed by atoms with E-state index in [2.05, 4.69) is 25.6 Å². The van der Waals surface area contributed by atoms with Crippen LogP contribution in [0.3, 0.4) is 0 Å². The Morgan fingerprint density at radius 3 is 2.43 bits per heavy atom. The lowest BCUT2D eigenvalue weighted by Crippen LogP contribution is -2.29. The quantitative estimate of drug-likeness (QED) is 0.180. The fourth-order valence-corrected chi connectivity index (χ4v) is 6.27. The van der Waals surface area contributed by atoms with Crippen LogP contribution in [0.4, 0.5) is 4.79 Å². The van der Waals surface area contributed by atoms with E-state index in [4.69, 9.17) is 19.3 Å². The number of ether oxygens (including phenoxy) is 3. The van der Waals surface area contributed by atoms with Gasteiger partial charge in [-0.25, -0.2) is 19.4 Å². The van der Waals surface area contributed by atoms with Crippen LogP contribution >= 0.6 is 11.3 Å². The molecular weight excluding hydrogens is 622 g/mol. The van der Waals surface area contributed by atoms with Crippen molar-refractivity contribution in [2.75, 3.05) is 0 Å². The Bertz CT molecular complexity index is 1880. The van der Waals surface area contributed by atoms with Gasteiger partial charge in [-0.1, -0.05) is 59.9 Å². The summed E-state index contributed by atoms with van der Waals surface area (Å²) in [5.74, 6) is -0.251. The minimum absolute atomic E-state index is 0.244.